The Morgan fingerprint density at radius 3 is 2.74 bits per heavy atom. The van der Waals surface area contributed by atoms with Crippen LogP contribution in [0.1, 0.15) is 45.9 Å². The maximum Gasteiger partial charge on any atom is 0.185 e. The molecule has 0 saturated heterocycles. The molecule has 0 bridgehead atoms. The van der Waals surface area contributed by atoms with Crippen molar-refractivity contribution in [3.63, 3.8) is 0 Å². The summed E-state index contributed by atoms with van der Waals surface area (Å²) in [5, 5.41) is 6.66. The lowest BCUT2D eigenvalue weighted by atomic mass is 10.2. The Bertz CT molecular complexity index is 356. The number of anilines is 1. The number of ether oxygens (including phenoxy) is 1. The van der Waals surface area contributed by atoms with Crippen molar-refractivity contribution in [2.75, 3.05) is 31.7 Å². The van der Waals surface area contributed by atoms with E-state index in [0.717, 1.165) is 36.9 Å². The molecule has 1 rings (SSSR count). The summed E-state index contributed by atoms with van der Waals surface area (Å²) in [7, 11) is 1.75. The molecule has 1 aromatic rings. The second-order valence-electron chi connectivity index (χ2n) is 4.78. The number of thiazole rings is 1. The molecule has 0 aliphatic heterocycles. The van der Waals surface area contributed by atoms with Crippen LogP contribution in [-0.2, 0) is 4.74 Å². The SMILES string of the molecule is CCNC(C)c1csc(N(CCOC)C(C)CC)n1. The summed E-state index contributed by atoms with van der Waals surface area (Å²) in [6, 6.07) is 0.805. The molecule has 19 heavy (non-hydrogen) atoms. The van der Waals surface area contributed by atoms with Gasteiger partial charge in [0.2, 0.25) is 0 Å². The third kappa shape index (κ3) is 4.75. The first-order valence-corrected chi connectivity index (χ1v) is 7.96. The third-order valence-electron chi connectivity index (χ3n) is 3.37. The second-order valence-corrected chi connectivity index (χ2v) is 5.61. The van der Waals surface area contributed by atoms with Crippen molar-refractivity contribution in [1.82, 2.24) is 10.3 Å². The Labute approximate surface area is 121 Å². The number of rotatable bonds is 9. The molecule has 0 radical (unpaired) electrons. The first kappa shape index (κ1) is 16.4. The average Bonchev–Trinajstić information content (AvgIpc) is 2.88. The molecule has 4 nitrogen and oxygen atoms in total. The molecule has 0 saturated carbocycles. The van der Waals surface area contributed by atoms with Gasteiger partial charge in [-0.25, -0.2) is 4.98 Å². The molecule has 2 unspecified atom stereocenters. The molecule has 1 N–H and O–H groups in total. The van der Waals surface area contributed by atoms with E-state index in [2.05, 4.69) is 43.3 Å². The molecule has 0 aliphatic rings. The lowest BCUT2D eigenvalue weighted by Gasteiger charge is -2.27. The standard InChI is InChI=1S/C14H27N3OS/c1-6-11(3)17(8-9-18-5)14-16-13(10-19-14)12(4)15-7-2/h10-12,15H,6-9H2,1-5H3. The van der Waals surface area contributed by atoms with E-state index in [-0.39, 0.29) is 0 Å². The van der Waals surface area contributed by atoms with Crippen molar-refractivity contribution in [2.45, 2.75) is 46.2 Å². The zero-order chi connectivity index (χ0) is 14.3. The van der Waals surface area contributed by atoms with Gasteiger partial charge in [0.05, 0.1) is 12.3 Å². The monoisotopic (exact) mass is 285 g/mol. The van der Waals surface area contributed by atoms with Crippen LogP contribution in [-0.4, -0.2) is 37.8 Å². The fourth-order valence-electron chi connectivity index (χ4n) is 1.93. The molecule has 0 fully saturated rings. The minimum Gasteiger partial charge on any atom is -0.383 e. The molecule has 5 heteroatoms. The summed E-state index contributed by atoms with van der Waals surface area (Å²) >= 11 is 1.73. The molecule has 1 aromatic heterocycles. The smallest absolute Gasteiger partial charge is 0.185 e. The van der Waals surface area contributed by atoms with Gasteiger partial charge in [-0.3, -0.25) is 0 Å². The van der Waals surface area contributed by atoms with Gasteiger partial charge < -0.3 is 15.0 Å². The van der Waals surface area contributed by atoms with Gasteiger partial charge in [-0.2, -0.15) is 0 Å². The van der Waals surface area contributed by atoms with Gasteiger partial charge >= 0.3 is 0 Å². The number of aromatic nitrogens is 1. The van der Waals surface area contributed by atoms with Crippen LogP contribution in [0.25, 0.3) is 0 Å². The molecular formula is C14H27N3OS. The van der Waals surface area contributed by atoms with Crippen LogP contribution in [0.2, 0.25) is 0 Å². The Kier molecular flexibility index (Phi) is 7.34. The highest BCUT2D eigenvalue weighted by Crippen LogP contribution is 2.26. The Morgan fingerprint density at radius 1 is 1.42 bits per heavy atom. The van der Waals surface area contributed by atoms with E-state index >= 15 is 0 Å². The molecule has 1 heterocycles. The van der Waals surface area contributed by atoms with E-state index in [0.29, 0.717) is 12.1 Å². The molecular weight excluding hydrogens is 258 g/mol. The molecule has 0 aliphatic carbocycles. The zero-order valence-corrected chi connectivity index (χ0v) is 13.6. The highest BCUT2D eigenvalue weighted by atomic mass is 32.1. The van der Waals surface area contributed by atoms with Gasteiger partial charge in [-0.1, -0.05) is 13.8 Å². The summed E-state index contributed by atoms with van der Waals surface area (Å²) in [6.45, 7) is 11.3. The van der Waals surface area contributed by atoms with Crippen molar-refractivity contribution in [1.29, 1.82) is 0 Å². The summed E-state index contributed by atoms with van der Waals surface area (Å²) in [5.74, 6) is 0. The lowest BCUT2D eigenvalue weighted by Crippen LogP contribution is -2.35. The van der Waals surface area contributed by atoms with Gasteiger partial charge in [0.1, 0.15) is 0 Å². The van der Waals surface area contributed by atoms with Crippen LogP contribution in [0.5, 0.6) is 0 Å². The fourth-order valence-corrected chi connectivity index (χ4v) is 2.98. The predicted molar refractivity (Wildman–Crippen MR) is 83.2 cm³/mol. The topological polar surface area (TPSA) is 37.4 Å². The van der Waals surface area contributed by atoms with E-state index in [1.807, 2.05) is 0 Å². The first-order valence-electron chi connectivity index (χ1n) is 7.08. The quantitative estimate of drug-likeness (QED) is 0.756. The van der Waals surface area contributed by atoms with Crippen LogP contribution < -0.4 is 10.2 Å². The maximum absolute atomic E-state index is 5.20. The largest absolute Gasteiger partial charge is 0.383 e. The first-order chi connectivity index (χ1) is 9.13. The Hall–Kier alpha value is -0.650. The van der Waals surface area contributed by atoms with Crippen LogP contribution in [0, 0.1) is 0 Å². The van der Waals surface area contributed by atoms with E-state index in [1.165, 1.54) is 0 Å². The van der Waals surface area contributed by atoms with Crippen molar-refractivity contribution in [2.24, 2.45) is 0 Å². The highest BCUT2D eigenvalue weighted by Gasteiger charge is 2.17. The van der Waals surface area contributed by atoms with E-state index in [1.54, 1.807) is 18.4 Å². The average molecular weight is 285 g/mol. The van der Waals surface area contributed by atoms with E-state index < -0.39 is 0 Å². The predicted octanol–water partition coefficient (Wildman–Crippen LogP) is 3.06. The maximum atomic E-state index is 5.20. The van der Waals surface area contributed by atoms with Gasteiger partial charge in [0, 0.05) is 31.1 Å². The summed E-state index contributed by atoms with van der Waals surface area (Å²) in [6.07, 6.45) is 1.11. The number of nitrogens with one attached hydrogen (secondary N) is 1. The van der Waals surface area contributed by atoms with Crippen molar-refractivity contribution in [3.05, 3.63) is 11.1 Å². The van der Waals surface area contributed by atoms with Crippen LogP contribution in [0.4, 0.5) is 5.13 Å². The summed E-state index contributed by atoms with van der Waals surface area (Å²) in [4.78, 5) is 7.12. The minimum atomic E-state index is 0.316. The zero-order valence-electron chi connectivity index (χ0n) is 12.8. The number of nitrogens with zero attached hydrogens (tertiary/aromatic N) is 2. The second kappa shape index (κ2) is 8.51. The number of hydrogen-bond acceptors (Lipinski definition) is 5. The van der Waals surface area contributed by atoms with Gasteiger partial charge in [0.25, 0.3) is 0 Å². The van der Waals surface area contributed by atoms with Crippen LogP contribution in [0.3, 0.4) is 0 Å². The normalized spacial score (nSPS) is 14.4. The summed E-state index contributed by atoms with van der Waals surface area (Å²) in [5.41, 5.74) is 1.13. The van der Waals surface area contributed by atoms with E-state index in [4.69, 9.17) is 9.72 Å². The highest BCUT2D eigenvalue weighted by molar-refractivity contribution is 7.13. The van der Waals surface area contributed by atoms with Gasteiger partial charge in [-0.05, 0) is 26.8 Å². The molecule has 0 spiro atoms. The van der Waals surface area contributed by atoms with Gasteiger partial charge in [0.15, 0.2) is 5.13 Å². The Morgan fingerprint density at radius 2 is 2.16 bits per heavy atom. The minimum absolute atomic E-state index is 0.316. The third-order valence-corrected chi connectivity index (χ3v) is 4.26. The van der Waals surface area contributed by atoms with Crippen LogP contribution >= 0.6 is 11.3 Å². The fraction of sp³-hybridized carbons (Fsp3) is 0.786. The number of hydrogen-bond donors (Lipinski definition) is 1. The molecule has 110 valence electrons. The van der Waals surface area contributed by atoms with Crippen LogP contribution in [0.15, 0.2) is 5.38 Å². The van der Waals surface area contributed by atoms with Crippen molar-refractivity contribution in [3.8, 4) is 0 Å². The molecule has 0 amide bonds. The van der Waals surface area contributed by atoms with Gasteiger partial charge in [-0.15, -0.1) is 11.3 Å². The van der Waals surface area contributed by atoms with Crippen molar-refractivity contribution >= 4 is 16.5 Å². The Balaban J connectivity index is 2.78. The molecule has 2 atom stereocenters. The lowest BCUT2D eigenvalue weighted by molar-refractivity contribution is 0.203. The van der Waals surface area contributed by atoms with Crippen molar-refractivity contribution < 1.29 is 4.74 Å². The van der Waals surface area contributed by atoms with E-state index in [9.17, 15) is 0 Å². The molecule has 0 aromatic carbocycles. The number of methoxy groups -OCH3 is 1. The summed E-state index contributed by atoms with van der Waals surface area (Å²) < 4.78 is 5.20.